The first-order valence-electron chi connectivity index (χ1n) is 8.40. The molecule has 2 N–H and O–H groups in total. The molecule has 1 fully saturated rings. The molecule has 1 aliphatic heterocycles. The minimum Gasteiger partial charge on any atom is -0.494 e. The molecule has 1 aromatic heterocycles. The Kier molecular flexibility index (Phi) is 6.25. The Bertz CT molecular complexity index is 853. The lowest BCUT2D eigenvalue weighted by molar-refractivity contribution is -0.121. The summed E-state index contributed by atoms with van der Waals surface area (Å²) in [5, 5.41) is 0. The van der Waals surface area contributed by atoms with Crippen molar-refractivity contribution in [3.8, 4) is 5.75 Å². The molecule has 0 spiro atoms. The Labute approximate surface area is 168 Å². The Balaban J connectivity index is 1.61. The van der Waals surface area contributed by atoms with E-state index >= 15 is 0 Å². The van der Waals surface area contributed by atoms with Crippen molar-refractivity contribution in [3.63, 3.8) is 0 Å². The van der Waals surface area contributed by atoms with Crippen molar-refractivity contribution < 1.29 is 19.1 Å². The molecule has 1 aromatic carbocycles. The highest BCUT2D eigenvalue weighted by molar-refractivity contribution is 9.11. The molecule has 142 valence electrons. The number of imide groups is 1. The highest BCUT2D eigenvalue weighted by Gasteiger charge is 2.39. The molecule has 0 unspecified atom stereocenters. The second kappa shape index (κ2) is 8.64. The molecule has 7 nitrogen and oxygen atoms in total. The van der Waals surface area contributed by atoms with Crippen LogP contribution in [0.1, 0.15) is 29.4 Å². The molecule has 3 rings (SSSR count). The lowest BCUT2D eigenvalue weighted by Gasteiger charge is -2.16. The van der Waals surface area contributed by atoms with E-state index in [0.29, 0.717) is 22.9 Å². The molecule has 9 heteroatoms. The zero-order valence-corrected chi connectivity index (χ0v) is 16.9. The third-order valence-corrected chi connectivity index (χ3v) is 5.49. The lowest BCUT2D eigenvalue weighted by atomic mass is 10.2. The molecule has 0 aliphatic carbocycles. The first kappa shape index (κ1) is 19.5. The van der Waals surface area contributed by atoms with Gasteiger partial charge in [-0.3, -0.25) is 19.8 Å². The van der Waals surface area contributed by atoms with Gasteiger partial charge >= 0.3 is 0 Å². The quantitative estimate of drug-likeness (QED) is 0.499. The van der Waals surface area contributed by atoms with Crippen LogP contribution in [0.15, 0.2) is 40.2 Å². The molecule has 1 aliphatic rings. The topological polar surface area (TPSA) is 87.7 Å². The van der Waals surface area contributed by atoms with Gasteiger partial charge in [-0.05, 0) is 58.7 Å². The van der Waals surface area contributed by atoms with Gasteiger partial charge in [-0.1, -0.05) is 6.92 Å². The third kappa shape index (κ3) is 4.55. The van der Waals surface area contributed by atoms with Gasteiger partial charge in [-0.25, -0.2) is 10.3 Å². The van der Waals surface area contributed by atoms with Crippen LogP contribution in [0, 0.1) is 0 Å². The number of carbonyl (C=O) groups is 3. The minimum absolute atomic E-state index is 0.0265. The Morgan fingerprint density at radius 3 is 2.63 bits per heavy atom. The molecule has 0 saturated carbocycles. The van der Waals surface area contributed by atoms with E-state index in [2.05, 4.69) is 26.8 Å². The largest absolute Gasteiger partial charge is 0.494 e. The van der Waals surface area contributed by atoms with Gasteiger partial charge in [0.05, 0.1) is 27.4 Å². The minimum atomic E-state index is -0.805. The van der Waals surface area contributed by atoms with E-state index in [9.17, 15) is 14.4 Å². The summed E-state index contributed by atoms with van der Waals surface area (Å²) >= 11 is 4.57. The van der Waals surface area contributed by atoms with E-state index in [1.54, 1.807) is 36.4 Å². The Morgan fingerprint density at radius 1 is 1.26 bits per heavy atom. The number of carbonyl (C=O) groups excluding carboxylic acids is 3. The maximum absolute atomic E-state index is 12.6. The van der Waals surface area contributed by atoms with Crippen molar-refractivity contribution in [1.82, 2.24) is 10.9 Å². The fraction of sp³-hybridized carbons (Fsp3) is 0.278. The number of amides is 3. The zero-order chi connectivity index (χ0) is 19.4. The number of halogens is 1. The predicted molar refractivity (Wildman–Crippen MR) is 106 cm³/mol. The number of hydrogen-bond acceptors (Lipinski definition) is 6. The second-order valence-electron chi connectivity index (χ2n) is 5.87. The molecule has 27 heavy (non-hydrogen) atoms. The number of benzene rings is 1. The van der Waals surface area contributed by atoms with Crippen molar-refractivity contribution in [2.45, 2.75) is 25.8 Å². The number of nitrogens with one attached hydrogen (secondary N) is 2. The standard InChI is InChI=1S/C18H18BrN3O4S/c1-2-9-26-12-5-3-11(4-6-12)22-16(23)10-13(18(22)25)20-21-17(24)14-7-8-15(19)27-14/h3-8,13,20H,2,9-10H2,1H3,(H,21,24)/t13-/m1/s1. The smallest absolute Gasteiger partial charge is 0.275 e. The van der Waals surface area contributed by atoms with E-state index < -0.39 is 11.9 Å². The summed E-state index contributed by atoms with van der Waals surface area (Å²) in [5.74, 6) is -0.409. The number of nitrogens with zero attached hydrogens (tertiary/aromatic N) is 1. The van der Waals surface area contributed by atoms with Crippen LogP contribution in [0.3, 0.4) is 0 Å². The van der Waals surface area contributed by atoms with Gasteiger partial charge in [0.25, 0.3) is 11.8 Å². The maximum Gasteiger partial charge on any atom is 0.275 e. The van der Waals surface area contributed by atoms with Gasteiger partial charge in [0, 0.05) is 0 Å². The summed E-state index contributed by atoms with van der Waals surface area (Å²) in [7, 11) is 0. The molecule has 2 heterocycles. The molecular weight excluding hydrogens is 434 g/mol. The molecular formula is C18H18BrN3O4S. The normalized spacial score (nSPS) is 16.7. The molecule has 2 aromatic rings. The average Bonchev–Trinajstić information content (AvgIpc) is 3.21. The van der Waals surface area contributed by atoms with E-state index in [4.69, 9.17) is 4.74 Å². The van der Waals surface area contributed by atoms with Crippen molar-refractivity contribution in [2.24, 2.45) is 0 Å². The van der Waals surface area contributed by atoms with Crippen LogP contribution < -0.4 is 20.5 Å². The number of thiophene rings is 1. The summed E-state index contributed by atoms with van der Waals surface area (Å²) in [4.78, 5) is 38.6. The number of ether oxygens (including phenoxy) is 1. The van der Waals surface area contributed by atoms with Crippen LogP contribution in [-0.2, 0) is 9.59 Å². The zero-order valence-electron chi connectivity index (χ0n) is 14.5. The van der Waals surface area contributed by atoms with E-state index in [1.807, 2.05) is 6.92 Å². The first-order valence-corrected chi connectivity index (χ1v) is 10.0. The number of hydrogen-bond donors (Lipinski definition) is 2. The van der Waals surface area contributed by atoms with Crippen molar-refractivity contribution in [1.29, 1.82) is 0 Å². The molecule has 3 amide bonds. The van der Waals surface area contributed by atoms with Crippen LogP contribution >= 0.6 is 27.3 Å². The van der Waals surface area contributed by atoms with Crippen LogP contribution in [-0.4, -0.2) is 30.4 Å². The second-order valence-corrected chi connectivity index (χ2v) is 8.33. The number of hydrazine groups is 1. The molecule has 1 saturated heterocycles. The van der Waals surface area contributed by atoms with Crippen LogP contribution in [0.5, 0.6) is 5.75 Å². The average molecular weight is 452 g/mol. The maximum atomic E-state index is 12.6. The van der Waals surface area contributed by atoms with Crippen LogP contribution in [0.4, 0.5) is 5.69 Å². The van der Waals surface area contributed by atoms with Gasteiger partial charge in [0.15, 0.2) is 0 Å². The van der Waals surface area contributed by atoms with E-state index in [-0.39, 0.29) is 18.2 Å². The van der Waals surface area contributed by atoms with Gasteiger partial charge in [-0.15, -0.1) is 11.3 Å². The number of anilines is 1. The summed E-state index contributed by atoms with van der Waals surface area (Å²) in [6.07, 6.45) is 0.869. The van der Waals surface area contributed by atoms with Gasteiger partial charge in [0.2, 0.25) is 5.91 Å². The van der Waals surface area contributed by atoms with Crippen molar-refractivity contribution >= 4 is 50.7 Å². The number of rotatable bonds is 7. The van der Waals surface area contributed by atoms with Gasteiger partial charge < -0.3 is 4.74 Å². The Hall–Kier alpha value is -2.23. The first-order chi connectivity index (χ1) is 13.0. The highest BCUT2D eigenvalue weighted by Crippen LogP contribution is 2.25. The third-order valence-electron chi connectivity index (χ3n) is 3.87. The van der Waals surface area contributed by atoms with E-state index in [1.165, 1.54) is 11.3 Å². The van der Waals surface area contributed by atoms with Crippen molar-refractivity contribution in [2.75, 3.05) is 11.5 Å². The predicted octanol–water partition coefficient (Wildman–Crippen LogP) is 2.87. The Morgan fingerprint density at radius 2 is 2.00 bits per heavy atom. The van der Waals surface area contributed by atoms with E-state index in [0.717, 1.165) is 15.1 Å². The summed E-state index contributed by atoms with van der Waals surface area (Å²) in [5.41, 5.74) is 5.63. The molecule has 0 bridgehead atoms. The monoisotopic (exact) mass is 451 g/mol. The van der Waals surface area contributed by atoms with Crippen molar-refractivity contribution in [3.05, 3.63) is 45.1 Å². The fourth-order valence-corrected chi connectivity index (χ4v) is 3.86. The highest BCUT2D eigenvalue weighted by atomic mass is 79.9. The summed E-state index contributed by atoms with van der Waals surface area (Å²) in [6.45, 7) is 2.62. The molecule has 0 radical (unpaired) electrons. The molecule has 1 atom stereocenters. The summed E-state index contributed by atoms with van der Waals surface area (Å²) < 4.78 is 6.34. The van der Waals surface area contributed by atoms with Gasteiger partial charge in [0.1, 0.15) is 11.8 Å². The van der Waals surface area contributed by atoms with Crippen LogP contribution in [0.2, 0.25) is 0 Å². The van der Waals surface area contributed by atoms with Gasteiger partial charge in [-0.2, -0.15) is 0 Å². The van der Waals surface area contributed by atoms with Crippen LogP contribution in [0.25, 0.3) is 0 Å². The fourth-order valence-electron chi connectivity index (χ4n) is 2.58. The SMILES string of the molecule is CCCOc1ccc(N2C(=O)C[C@@H](NNC(=O)c3ccc(Br)s3)C2=O)cc1. The lowest BCUT2D eigenvalue weighted by Crippen LogP contribution is -2.48. The summed E-state index contributed by atoms with van der Waals surface area (Å²) in [6, 6.07) is 9.42.